The van der Waals surface area contributed by atoms with Crippen LogP contribution in [-0.2, 0) is 4.79 Å². The molecule has 0 spiro atoms. The van der Waals surface area contributed by atoms with E-state index < -0.39 is 0 Å². The zero-order valence-corrected chi connectivity index (χ0v) is 9.12. The molecule has 2 atom stereocenters. The second-order valence-electron chi connectivity index (χ2n) is 4.23. The third-order valence-electron chi connectivity index (χ3n) is 2.83. The molecule has 0 bridgehead atoms. The summed E-state index contributed by atoms with van der Waals surface area (Å²) < 4.78 is 0. The molecule has 82 valence electrons. The Balaban J connectivity index is 2.29. The van der Waals surface area contributed by atoms with Gasteiger partial charge in [0.05, 0.1) is 0 Å². The van der Waals surface area contributed by atoms with Gasteiger partial charge in [0.2, 0.25) is 5.91 Å². The molecule has 1 fully saturated rings. The summed E-state index contributed by atoms with van der Waals surface area (Å²) in [4.78, 5) is 13.1. The lowest BCUT2D eigenvalue weighted by Gasteiger charge is -2.31. The van der Waals surface area contributed by atoms with Crippen molar-refractivity contribution in [2.45, 2.75) is 25.3 Å². The molecule has 0 saturated carbocycles. The first-order chi connectivity index (χ1) is 6.63. The second kappa shape index (κ2) is 5.32. The van der Waals surface area contributed by atoms with Gasteiger partial charge in [-0.1, -0.05) is 0 Å². The van der Waals surface area contributed by atoms with Gasteiger partial charge in [0.25, 0.3) is 0 Å². The highest BCUT2D eigenvalue weighted by Crippen LogP contribution is 2.20. The highest BCUT2D eigenvalue weighted by molar-refractivity contribution is 5.76. The number of nitrogens with zero attached hydrogens (tertiary/aromatic N) is 1. The summed E-state index contributed by atoms with van der Waals surface area (Å²) in [5.74, 6) is 0.851. The summed E-state index contributed by atoms with van der Waals surface area (Å²) >= 11 is 0. The Morgan fingerprint density at radius 3 is 3.00 bits per heavy atom. The molecule has 1 amide bonds. The number of nitrogens with two attached hydrogens (primary N) is 1. The number of amides is 1. The van der Waals surface area contributed by atoms with Crippen molar-refractivity contribution in [1.82, 2.24) is 10.2 Å². The first-order valence-corrected chi connectivity index (χ1v) is 5.27. The van der Waals surface area contributed by atoms with Crippen LogP contribution < -0.4 is 11.1 Å². The minimum absolute atomic E-state index is 0.214. The summed E-state index contributed by atoms with van der Waals surface area (Å²) in [5, 5.41) is 3.07. The first kappa shape index (κ1) is 11.5. The number of hydrogen-bond donors (Lipinski definition) is 2. The van der Waals surface area contributed by atoms with Gasteiger partial charge in [0.15, 0.2) is 0 Å². The van der Waals surface area contributed by atoms with Gasteiger partial charge < -0.3 is 16.0 Å². The minimum atomic E-state index is 0.214. The van der Waals surface area contributed by atoms with Crippen LogP contribution in [-0.4, -0.2) is 44.0 Å². The van der Waals surface area contributed by atoms with Gasteiger partial charge in [-0.25, -0.2) is 0 Å². The largest absolute Gasteiger partial charge is 0.345 e. The Morgan fingerprint density at radius 2 is 2.43 bits per heavy atom. The molecule has 0 aromatic carbocycles. The van der Waals surface area contributed by atoms with Crippen LogP contribution in [0.5, 0.6) is 0 Å². The van der Waals surface area contributed by atoms with E-state index in [1.165, 1.54) is 0 Å². The van der Waals surface area contributed by atoms with Gasteiger partial charge in [0.1, 0.15) is 0 Å². The molecular formula is C10H21N3O. The molecule has 0 aromatic heterocycles. The van der Waals surface area contributed by atoms with Crippen molar-refractivity contribution in [2.75, 3.05) is 27.2 Å². The van der Waals surface area contributed by atoms with Crippen LogP contribution in [0.1, 0.15) is 19.3 Å². The summed E-state index contributed by atoms with van der Waals surface area (Å²) in [5.41, 5.74) is 5.93. The van der Waals surface area contributed by atoms with Gasteiger partial charge in [-0.3, -0.25) is 4.79 Å². The molecule has 0 radical (unpaired) electrons. The average Bonchev–Trinajstić information content (AvgIpc) is 2.12. The molecule has 4 nitrogen and oxygen atoms in total. The van der Waals surface area contributed by atoms with Crippen molar-refractivity contribution >= 4 is 5.91 Å². The van der Waals surface area contributed by atoms with Crippen molar-refractivity contribution in [3.05, 3.63) is 0 Å². The summed E-state index contributed by atoms with van der Waals surface area (Å²) in [6.45, 7) is 1.73. The molecule has 3 N–H and O–H groups in total. The molecule has 0 aliphatic carbocycles. The van der Waals surface area contributed by atoms with Crippen molar-refractivity contribution in [1.29, 1.82) is 0 Å². The fraction of sp³-hybridized carbons (Fsp3) is 0.900. The van der Waals surface area contributed by atoms with E-state index in [2.05, 4.69) is 5.32 Å². The first-order valence-electron chi connectivity index (χ1n) is 5.27. The predicted octanol–water partition coefficient (Wildman–Crippen LogP) is -0.208. The molecule has 4 heteroatoms. The Kier molecular flexibility index (Phi) is 4.35. The maximum absolute atomic E-state index is 11.2. The Labute approximate surface area is 85.8 Å². The van der Waals surface area contributed by atoms with Crippen LogP contribution in [0.25, 0.3) is 0 Å². The van der Waals surface area contributed by atoms with E-state index in [4.69, 9.17) is 5.73 Å². The maximum atomic E-state index is 11.2. The second-order valence-corrected chi connectivity index (χ2v) is 4.23. The highest BCUT2D eigenvalue weighted by atomic mass is 16.2. The molecule has 14 heavy (non-hydrogen) atoms. The normalized spacial score (nSPS) is 25.2. The van der Waals surface area contributed by atoms with Gasteiger partial charge >= 0.3 is 0 Å². The van der Waals surface area contributed by atoms with E-state index in [1.54, 1.807) is 0 Å². The molecular weight excluding hydrogens is 178 g/mol. The summed E-state index contributed by atoms with van der Waals surface area (Å²) in [7, 11) is 3.79. The molecule has 0 unspecified atom stereocenters. The average molecular weight is 199 g/mol. The predicted molar refractivity (Wildman–Crippen MR) is 56.9 cm³/mol. The SMILES string of the molecule is CNC[C@@H](N)C[C@H]1CCC(=O)N(C)C1. The fourth-order valence-corrected chi connectivity index (χ4v) is 2.06. The summed E-state index contributed by atoms with van der Waals surface area (Å²) in [6.07, 6.45) is 2.70. The Morgan fingerprint density at radius 1 is 1.71 bits per heavy atom. The molecule has 0 aromatic rings. The lowest BCUT2D eigenvalue weighted by Crippen LogP contribution is -2.41. The highest BCUT2D eigenvalue weighted by Gasteiger charge is 2.23. The molecule has 1 aliphatic heterocycles. The molecule has 1 aliphatic rings. The van der Waals surface area contributed by atoms with Crippen LogP contribution in [0, 0.1) is 5.92 Å². The van der Waals surface area contributed by atoms with Crippen LogP contribution in [0.4, 0.5) is 0 Å². The van der Waals surface area contributed by atoms with Gasteiger partial charge in [-0.15, -0.1) is 0 Å². The zero-order valence-electron chi connectivity index (χ0n) is 9.12. The number of nitrogens with one attached hydrogen (secondary N) is 1. The Hall–Kier alpha value is -0.610. The van der Waals surface area contributed by atoms with Crippen molar-refractivity contribution in [3.8, 4) is 0 Å². The van der Waals surface area contributed by atoms with Crippen molar-refractivity contribution in [2.24, 2.45) is 11.7 Å². The third kappa shape index (κ3) is 3.27. The molecule has 1 heterocycles. The number of carbonyl (C=O) groups is 1. The van der Waals surface area contributed by atoms with Gasteiger partial charge in [-0.2, -0.15) is 0 Å². The number of likely N-dealkylation sites (N-methyl/N-ethyl adjacent to an activating group) is 1. The standard InChI is InChI=1S/C10H21N3O/c1-12-6-9(11)5-8-3-4-10(14)13(2)7-8/h8-9,12H,3-7,11H2,1-2H3/t8-,9+/m1/s1. The summed E-state index contributed by atoms with van der Waals surface area (Å²) in [6, 6.07) is 0.214. The van der Waals surface area contributed by atoms with Crippen molar-refractivity contribution in [3.63, 3.8) is 0 Å². The Bertz CT molecular complexity index is 196. The van der Waals surface area contributed by atoms with Crippen LogP contribution >= 0.6 is 0 Å². The smallest absolute Gasteiger partial charge is 0.222 e. The lowest BCUT2D eigenvalue weighted by molar-refractivity contribution is -0.133. The van der Waals surface area contributed by atoms with E-state index >= 15 is 0 Å². The third-order valence-corrected chi connectivity index (χ3v) is 2.83. The van der Waals surface area contributed by atoms with Gasteiger partial charge in [-0.05, 0) is 25.8 Å². The topological polar surface area (TPSA) is 58.4 Å². The van der Waals surface area contributed by atoms with E-state index in [0.717, 1.165) is 25.9 Å². The monoisotopic (exact) mass is 199 g/mol. The van der Waals surface area contributed by atoms with E-state index in [-0.39, 0.29) is 11.9 Å². The number of carbonyl (C=O) groups excluding carboxylic acids is 1. The fourth-order valence-electron chi connectivity index (χ4n) is 2.06. The zero-order chi connectivity index (χ0) is 10.6. The number of hydrogen-bond acceptors (Lipinski definition) is 3. The van der Waals surface area contributed by atoms with Crippen LogP contribution in [0.3, 0.4) is 0 Å². The molecule has 1 saturated heterocycles. The van der Waals surface area contributed by atoms with Crippen molar-refractivity contribution < 1.29 is 4.79 Å². The van der Waals surface area contributed by atoms with Crippen LogP contribution in [0.2, 0.25) is 0 Å². The number of rotatable bonds is 4. The minimum Gasteiger partial charge on any atom is -0.345 e. The quantitative estimate of drug-likeness (QED) is 0.659. The van der Waals surface area contributed by atoms with E-state index in [1.807, 2.05) is 19.0 Å². The number of likely N-dealkylation sites (tertiary alicyclic amines) is 1. The van der Waals surface area contributed by atoms with Crippen LogP contribution in [0.15, 0.2) is 0 Å². The molecule has 1 rings (SSSR count). The lowest BCUT2D eigenvalue weighted by atomic mass is 9.91. The van der Waals surface area contributed by atoms with E-state index in [9.17, 15) is 4.79 Å². The van der Waals surface area contributed by atoms with Gasteiger partial charge in [0, 0.05) is 32.6 Å². The number of piperidine rings is 1. The maximum Gasteiger partial charge on any atom is 0.222 e. The van der Waals surface area contributed by atoms with E-state index in [0.29, 0.717) is 12.3 Å².